The summed E-state index contributed by atoms with van der Waals surface area (Å²) in [5.41, 5.74) is 11.3. The zero-order chi connectivity index (χ0) is 39.7. The van der Waals surface area contributed by atoms with E-state index in [4.69, 9.17) is 26.4 Å². The van der Waals surface area contributed by atoms with Gasteiger partial charge in [0.1, 0.15) is 24.2 Å². The number of nitrogens with one attached hydrogen (secondary N) is 8. The molecule has 300 valence electrons. The number of amides is 6. The Morgan fingerprint density at radius 2 is 1.35 bits per heavy atom. The average Bonchev–Trinajstić information content (AvgIpc) is 3.13. The van der Waals surface area contributed by atoms with Gasteiger partial charge < -0.3 is 63.3 Å². The molecule has 20 nitrogen and oxygen atoms in total. The summed E-state index contributed by atoms with van der Waals surface area (Å²) in [5.74, 6) is -5.99. The fourth-order valence-electron chi connectivity index (χ4n) is 5.22. The molecule has 1 aromatic rings. The number of carboxylic acids is 1. The number of carboxylic acid groups (broad SMARTS) is 1. The van der Waals surface area contributed by atoms with E-state index in [0.717, 1.165) is 0 Å². The first-order chi connectivity index (χ1) is 25.9. The van der Waals surface area contributed by atoms with E-state index in [-0.39, 0.29) is 63.7 Å². The van der Waals surface area contributed by atoms with Crippen molar-refractivity contribution in [2.75, 3.05) is 52.6 Å². The molecule has 1 heterocycles. The third-order valence-electron chi connectivity index (χ3n) is 7.97. The van der Waals surface area contributed by atoms with E-state index in [1.807, 2.05) is 0 Å². The number of unbranched alkanes of at least 4 members (excludes halogenated alkanes) is 1. The lowest BCUT2D eigenvalue weighted by Gasteiger charge is -2.26. The van der Waals surface area contributed by atoms with E-state index >= 15 is 0 Å². The molecule has 1 aromatic carbocycles. The molecule has 0 unspecified atom stereocenters. The van der Waals surface area contributed by atoms with Crippen LogP contribution in [0.3, 0.4) is 0 Å². The van der Waals surface area contributed by atoms with Crippen LogP contribution in [0, 0.1) is 5.41 Å². The van der Waals surface area contributed by atoms with E-state index in [1.165, 1.54) is 0 Å². The van der Waals surface area contributed by atoms with Crippen LogP contribution in [0.15, 0.2) is 30.3 Å². The molecule has 4 atom stereocenters. The lowest BCUT2D eigenvalue weighted by atomic mass is 10.0. The van der Waals surface area contributed by atoms with Gasteiger partial charge in [-0.05, 0) is 37.7 Å². The van der Waals surface area contributed by atoms with Crippen molar-refractivity contribution in [1.29, 1.82) is 5.41 Å². The van der Waals surface area contributed by atoms with Gasteiger partial charge in [0.05, 0.1) is 39.4 Å². The van der Waals surface area contributed by atoms with Crippen LogP contribution in [-0.4, -0.2) is 129 Å². The number of carbonyl (C=O) groups is 7. The molecule has 2 rings (SSSR count). The molecule has 1 aliphatic rings. The zero-order valence-corrected chi connectivity index (χ0v) is 30.3. The number of guanidine groups is 1. The van der Waals surface area contributed by atoms with Crippen molar-refractivity contribution in [3.05, 3.63) is 35.9 Å². The molecule has 1 aliphatic heterocycles. The van der Waals surface area contributed by atoms with Gasteiger partial charge in [-0.1, -0.05) is 30.3 Å². The van der Waals surface area contributed by atoms with E-state index in [9.17, 15) is 38.7 Å². The van der Waals surface area contributed by atoms with Crippen molar-refractivity contribution >= 4 is 47.4 Å². The topological polar surface area (TPSA) is 318 Å². The molecule has 0 radical (unpaired) electrons. The van der Waals surface area contributed by atoms with Gasteiger partial charge in [0.2, 0.25) is 35.4 Å². The molecule has 0 saturated carbocycles. The Bertz CT molecular complexity index is 1400. The molecule has 1 saturated heterocycles. The Morgan fingerprint density at radius 1 is 0.759 bits per heavy atom. The molecular formula is C34H54N10O10. The highest BCUT2D eigenvalue weighted by Crippen LogP contribution is 2.09. The number of carbonyl (C=O) groups excluding carboxylic acids is 6. The summed E-state index contributed by atoms with van der Waals surface area (Å²) >= 11 is 0. The first-order valence-electron chi connectivity index (χ1n) is 17.8. The SMILES string of the molecule is N=C(N)NCCC[C@@H]1NC(=O)[C@H](CCCCNC(=O)CCOCCOCCN)NC(=O)[C@@H](Cc2ccccc2)NC(=O)[C@H](CC(=O)O)NC(=O)CNC1=O. The Kier molecular flexibility index (Phi) is 21.3. The maximum absolute atomic E-state index is 13.8. The van der Waals surface area contributed by atoms with E-state index < -0.39 is 72.6 Å². The van der Waals surface area contributed by atoms with Crippen molar-refractivity contribution in [1.82, 2.24) is 37.2 Å². The number of ether oxygens (including phenoxy) is 2. The van der Waals surface area contributed by atoms with Crippen molar-refractivity contribution < 1.29 is 48.1 Å². The molecule has 0 aliphatic carbocycles. The summed E-state index contributed by atoms with van der Waals surface area (Å²) in [5, 5.41) is 34.7. The normalized spacial score (nSPS) is 19.8. The second-order valence-corrected chi connectivity index (χ2v) is 12.4. The third-order valence-corrected chi connectivity index (χ3v) is 7.97. The minimum Gasteiger partial charge on any atom is -0.481 e. The molecular weight excluding hydrogens is 708 g/mol. The molecule has 54 heavy (non-hydrogen) atoms. The van der Waals surface area contributed by atoms with Gasteiger partial charge in [-0.2, -0.15) is 0 Å². The van der Waals surface area contributed by atoms with Gasteiger partial charge >= 0.3 is 5.97 Å². The molecule has 0 aromatic heterocycles. The highest BCUT2D eigenvalue weighted by Gasteiger charge is 2.33. The van der Waals surface area contributed by atoms with Crippen LogP contribution >= 0.6 is 0 Å². The van der Waals surface area contributed by atoms with Crippen LogP contribution in [0.25, 0.3) is 0 Å². The minimum atomic E-state index is -1.59. The Balaban J connectivity index is 2.24. The largest absolute Gasteiger partial charge is 0.481 e. The number of hydrogen-bond acceptors (Lipinski definition) is 11. The second-order valence-electron chi connectivity index (χ2n) is 12.4. The molecule has 13 N–H and O–H groups in total. The summed E-state index contributed by atoms with van der Waals surface area (Å²) in [6.45, 7) is 1.55. The van der Waals surface area contributed by atoms with Crippen LogP contribution in [0.2, 0.25) is 0 Å². The predicted molar refractivity (Wildman–Crippen MR) is 194 cm³/mol. The van der Waals surface area contributed by atoms with Gasteiger partial charge in [0.25, 0.3) is 0 Å². The van der Waals surface area contributed by atoms with E-state index in [1.54, 1.807) is 30.3 Å². The maximum Gasteiger partial charge on any atom is 0.305 e. The highest BCUT2D eigenvalue weighted by molar-refractivity contribution is 5.98. The molecule has 0 spiro atoms. The smallest absolute Gasteiger partial charge is 0.305 e. The summed E-state index contributed by atoms with van der Waals surface area (Å²) in [6, 6.07) is 3.38. The van der Waals surface area contributed by atoms with Crippen molar-refractivity contribution in [3.63, 3.8) is 0 Å². The second kappa shape index (κ2) is 25.6. The molecule has 0 bridgehead atoms. The van der Waals surface area contributed by atoms with Crippen LogP contribution < -0.4 is 48.7 Å². The fraction of sp³-hybridized carbons (Fsp3) is 0.588. The van der Waals surface area contributed by atoms with Gasteiger partial charge in [-0.3, -0.25) is 39.0 Å². The minimum absolute atomic E-state index is 0.0389. The van der Waals surface area contributed by atoms with E-state index in [2.05, 4.69) is 37.2 Å². The van der Waals surface area contributed by atoms with E-state index in [0.29, 0.717) is 44.8 Å². The van der Waals surface area contributed by atoms with Gasteiger partial charge in [-0.25, -0.2) is 0 Å². The number of hydrogen-bond donors (Lipinski definition) is 11. The van der Waals surface area contributed by atoms with Gasteiger partial charge in [0, 0.05) is 32.5 Å². The zero-order valence-electron chi connectivity index (χ0n) is 30.3. The summed E-state index contributed by atoms with van der Waals surface area (Å²) in [6.07, 6.45) is 0.452. The first kappa shape index (κ1) is 44.8. The monoisotopic (exact) mass is 762 g/mol. The van der Waals surface area contributed by atoms with Gasteiger partial charge in [-0.15, -0.1) is 0 Å². The van der Waals surface area contributed by atoms with Gasteiger partial charge in [0.15, 0.2) is 5.96 Å². The summed E-state index contributed by atoms with van der Waals surface area (Å²) < 4.78 is 10.6. The lowest BCUT2D eigenvalue weighted by molar-refractivity contribution is -0.141. The number of benzene rings is 1. The summed E-state index contributed by atoms with van der Waals surface area (Å²) in [7, 11) is 0. The predicted octanol–water partition coefficient (Wildman–Crippen LogP) is -3.30. The molecule has 6 amide bonds. The van der Waals surface area contributed by atoms with Crippen molar-refractivity contribution in [3.8, 4) is 0 Å². The molecule has 1 fully saturated rings. The maximum atomic E-state index is 13.8. The number of nitrogens with two attached hydrogens (primary N) is 2. The van der Waals surface area contributed by atoms with Crippen LogP contribution in [-0.2, 0) is 49.5 Å². The Labute approximate surface area is 313 Å². The lowest BCUT2D eigenvalue weighted by Crippen LogP contribution is -2.58. The average molecular weight is 763 g/mol. The summed E-state index contributed by atoms with van der Waals surface area (Å²) in [4.78, 5) is 90.8. The third kappa shape index (κ3) is 18.9. The molecule has 20 heteroatoms. The first-order valence-corrected chi connectivity index (χ1v) is 17.8. The van der Waals surface area contributed by atoms with Crippen molar-refractivity contribution in [2.24, 2.45) is 11.5 Å². The fourth-order valence-corrected chi connectivity index (χ4v) is 5.22. The standard InChI is InChI=1S/C34H54N10O10/c35-12-16-54-18-17-53-15-11-27(45)38-13-5-4-9-24-31(50)42-23(10-6-14-39-34(36)37)30(49)40-21-28(46)41-26(20-29(47)48)33(52)44-25(32(51)43-24)19-22-7-2-1-3-8-22/h1-3,7-8,23-26H,4-6,9-21,35H2,(H,38,45)(H,40,49)(H,41,46)(H,42,50)(H,43,51)(H,44,52)(H,47,48)(H4,36,37,39)/t23-,24-,25+,26-/m0/s1. The highest BCUT2D eigenvalue weighted by atomic mass is 16.5. The van der Waals surface area contributed by atoms with Crippen LogP contribution in [0.5, 0.6) is 0 Å². The Hall–Kier alpha value is -5.34. The van der Waals surface area contributed by atoms with Crippen LogP contribution in [0.1, 0.15) is 50.5 Å². The van der Waals surface area contributed by atoms with Crippen molar-refractivity contribution in [2.45, 2.75) is 75.5 Å². The quantitative estimate of drug-likeness (QED) is 0.0333. The number of rotatable bonds is 21. The van der Waals surface area contributed by atoms with Crippen LogP contribution in [0.4, 0.5) is 0 Å². The number of aliphatic carboxylic acids is 1. The Morgan fingerprint density at radius 3 is 2.02 bits per heavy atom.